The Balaban J connectivity index is 1.72. The molecule has 0 aliphatic carbocycles. The van der Waals surface area contributed by atoms with Crippen LogP contribution < -0.4 is 4.74 Å². The van der Waals surface area contributed by atoms with E-state index >= 15 is 0 Å². The van der Waals surface area contributed by atoms with Crippen LogP contribution >= 0.6 is 0 Å². The third kappa shape index (κ3) is 2.17. The SMILES string of the molecule is CCC[C@H]1Oc2ccccc2[C@@H]2CC(c3ccccc3)=NN12. The molecule has 0 bridgehead atoms. The first kappa shape index (κ1) is 13.4. The average molecular weight is 292 g/mol. The minimum atomic E-state index is 0.0473. The molecule has 22 heavy (non-hydrogen) atoms. The molecule has 0 fully saturated rings. The molecule has 0 N–H and O–H groups in total. The second-order valence-corrected chi connectivity index (χ2v) is 5.91. The van der Waals surface area contributed by atoms with Crippen molar-refractivity contribution >= 4 is 5.71 Å². The summed E-state index contributed by atoms with van der Waals surface area (Å²) in [6, 6.07) is 19.1. The zero-order valence-corrected chi connectivity index (χ0v) is 12.8. The average Bonchev–Trinajstić information content (AvgIpc) is 3.02. The first-order chi connectivity index (χ1) is 10.9. The molecular weight excluding hydrogens is 272 g/mol. The lowest BCUT2D eigenvalue weighted by atomic mass is 9.96. The van der Waals surface area contributed by atoms with Crippen molar-refractivity contribution in [3.05, 3.63) is 65.7 Å². The Hall–Kier alpha value is -2.29. The first-order valence-corrected chi connectivity index (χ1v) is 8.03. The lowest BCUT2D eigenvalue weighted by molar-refractivity contribution is -0.0223. The van der Waals surface area contributed by atoms with E-state index in [2.05, 4.69) is 54.4 Å². The van der Waals surface area contributed by atoms with E-state index in [1.807, 2.05) is 12.1 Å². The number of fused-ring (bicyclic) bond motifs is 3. The van der Waals surface area contributed by atoms with Gasteiger partial charge in [0.25, 0.3) is 0 Å². The van der Waals surface area contributed by atoms with E-state index in [-0.39, 0.29) is 6.23 Å². The lowest BCUT2D eigenvalue weighted by Crippen LogP contribution is -2.40. The molecule has 0 saturated carbocycles. The fourth-order valence-corrected chi connectivity index (χ4v) is 3.35. The summed E-state index contributed by atoms with van der Waals surface area (Å²) in [5.41, 5.74) is 3.63. The molecule has 0 amide bonds. The Morgan fingerprint density at radius 2 is 1.86 bits per heavy atom. The minimum Gasteiger partial charge on any atom is -0.469 e. The van der Waals surface area contributed by atoms with Gasteiger partial charge in [0.05, 0.1) is 11.8 Å². The summed E-state index contributed by atoms with van der Waals surface area (Å²) in [6.45, 7) is 2.19. The first-order valence-electron chi connectivity index (χ1n) is 8.03. The highest BCUT2D eigenvalue weighted by atomic mass is 16.5. The number of nitrogens with zero attached hydrogens (tertiary/aromatic N) is 2. The smallest absolute Gasteiger partial charge is 0.187 e. The predicted molar refractivity (Wildman–Crippen MR) is 87.9 cm³/mol. The van der Waals surface area contributed by atoms with Gasteiger partial charge in [-0.05, 0) is 11.6 Å². The van der Waals surface area contributed by atoms with E-state index < -0.39 is 0 Å². The molecule has 2 aromatic carbocycles. The molecule has 0 radical (unpaired) electrons. The van der Waals surface area contributed by atoms with E-state index in [9.17, 15) is 0 Å². The van der Waals surface area contributed by atoms with Gasteiger partial charge in [0.15, 0.2) is 6.23 Å². The number of ether oxygens (including phenoxy) is 1. The second kappa shape index (κ2) is 5.48. The molecule has 0 saturated heterocycles. The van der Waals surface area contributed by atoms with Gasteiger partial charge < -0.3 is 4.74 Å². The van der Waals surface area contributed by atoms with Crippen LogP contribution in [0.2, 0.25) is 0 Å². The van der Waals surface area contributed by atoms with Gasteiger partial charge in [-0.25, -0.2) is 0 Å². The summed E-state index contributed by atoms with van der Waals surface area (Å²) >= 11 is 0. The summed E-state index contributed by atoms with van der Waals surface area (Å²) < 4.78 is 6.19. The van der Waals surface area contributed by atoms with Gasteiger partial charge in [-0.1, -0.05) is 61.9 Å². The zero-order chi connectivity index (χ0) is 14.9. The number of rotatable bonds is 3. The Morgan fingerprint density at radius 1 is 1.09 bits per heavy atom. The van der Waals surface area contributed by atoms with Gasteiger partial charge in [-0.15, -0.1) is 0 Å². The van der Waals surface area contributed by atoms with Gasteiger partial charge in [0, 0.05) is 18.4 Å². The number of para-hydroxylation sites is 1. The third-order valence-electron chi connectivity index (χ3n) is 4.42. The molecule has 3 heteroatoms. The highest BCUT2D eigenvalue weighted by Gasteiger charge is 2.39. The van der Waals surface area contributed by atoms with Crippen molar-refractivity contribution in [3.63, 3.8) is 0 Å². The van der Waals surface area contributed by atoms with E-state index in [0.717, 1.165) is 30.7 Å². The van der Waals surface area contributed by atoms with Gasteiger partial charge in [-0.3, -0.25) is 5.01 Å². The zero-order valence-electron chi connectivity index (χ0n) is 12.8. The highest BCUT2D eigenvalue weighted by Crippen LogP contribution is 2.43. The number of benzene rings is 2. The number of hydrogen-bond acceptors (Lipinski definition) is 3. The summed E-state index contributed by atoms with van der Waals surface area (Å²) in [7, 11) is 0. The van der Waals surface area contributed by atoms with Crippen molar-refractivity contribution in [1.82, 2.24) is 5.01 Å². The van der Waals surface area contributed by atoms with Crippen LogP contribution in [0.15, 0.2) is 59.7 Å². The van der Waals surface area contributed by atoms with Crippen molar-refractivity contribution in [2.24, 2.45) is 5.10 Å². The molecule has 112 valence electrons. The van der Waals surface area contributed by atoms with Crippen LogP contribution in [0.1, 0.15) is 43.4 Å². The summed E-state index contributed by atoms with van der Waals surface area (Å²) in [5.74, 6) is 1.02. The maximum Gasteiger partial charge on any atom is 0.187 e. The fourth-order valence-electron chi connectivity index (χ4n) is 3.35. The predicted octanol–water partition coefficient (Wildman–Crippen LogP) is 4.36. The van der Waals surface area contributed by atoms with Crippen LogP contribution in [0.25, 0.3) is 0 Å². The van der Waals surface area contributed by atoms with Crippen LogP contribution in [0.5, 0.6) is 5.75 Å². The molecule has 2 aromatic rings. The summed E-state index contributed by atoms with van der Waals surface area (Å²) in [4.78, 5) is 0. The monoisotopic (exact) mass is 292 g/mol. The number of hydrogen-bond donors (Lipinski definition) is 0. The van der Waals surface area contributed by atoms with Gasteiger partial charge in [0.1, 0.15) is 5.75 Å². The quantitative estimate of drug-likeness (QED) is 0.840. The molecular formula is C19H20N2O. The maximum atomic E-state index is 6.19. The van der Waals surface area contributed by atoms with Gasteiger partial charge in [0.2, 0.25) is 0 Å². The van der Waals surface area contributed by atoms with E-state index in [0.29, 0.717) is 6.04 Å². The van der Waals surface area contributed by atoms with E-state index in [4.69, 9.17) is 9.84 Å². The van der Waals surface area contributed by atoms with Crippen molar-refractivity contribution < 1.29 is 4.74 Å². The molecule has 2 heterocycles. The number of hydrazone groups is 1. The fraction of sp³-hybridized carbons (Fsp3) is 0.316. The van der Waals surface area contributed by atoms with Crippen molar-refractivity contribution in [2.75, 3.05) is 0 Å². The largest absolute Gasteiger partial charge is 0.469 e. The lowest BCUT2D eigenvalue weighted by Gasteiger charge is -2.38. The van der Waals surface area contributed by atoms with Crippen LogP contribution in [0.4, 0.5) is 0 Å². The van der Waals surface area contributed by atoms with Gasteiger partial charge in [-0.2, -0.15) is 5.10 Å². The molecule has 0 aromatic heterocycles. The molecule has 0 unspecified atom stereocenters. The normalized spacial score (nSPS) is 22.6. The standard InChI is InChI=1S/C19H20N2O/c1-2-8-19-21-17(15-11-6-7-12-18(15)22-19)13-16(20-21)14-9-4-3-5-10-14/h3-7,9-12,17,19H,2,8,13H2,1H3/t17-,19+/m0/s1. The van der Waals surface area contributed by atoms with Crippen LogP contribution in [-0.4, -0.2) is 16.9 Å². The van der Waals surface area contributed by atoms with Crippen molar-refractivity contribution in [2.45, 2.75) is 38.5 Å². The second-order valence-electron chi connectivity index (χ2n) is 5.91. The van der Waals surface area contributed by atoms with Crippen LogP contribution in [0, 0.1) is 0 Å². The molecule has 4 rings (SSSR count). The summed E-state index contributed by atoms with van der Waals surface area (Å²) in [6.07, 6.45) is 3.08. The Labute approximate surface area is 131 Å². The molecule has 2 aliphatic rings. The Kier molecular flexibility index (Phi) is 3.34. The topological polar surface area (TPSA) is 24.8 Å². The molecule has 3 nitrogen and oxygen atoms in total. The van der Waals surface area contributed by atoms with Crippen molar-refractivity contribution in [1.29, 1.82) is 0 Å². The van der Waals surface area contributed by atoms with Crippen molar-refractivity contribution in [3.8, 4) is 5.75 Å². The highest BCUT2D eigenvalue weighted by molar-refractivity contribution is 6.01. The molecule has 2 aliphatic heterocycles. The summed E-state index contributed by atoms with van der Waals surface area (Å²) in [5, 5.41) is 7.08. The molecule has 2 atom stereocenters. The van der Waals surface area contributed by atoms with Gasteiger partial charge >= 0.3 is 0 Å². The minimum absolute atomic E-state index is 0.0473. The van der Waals surface area contributed by atoms with E-state index in [1.165, 1.54) is 11.1 Å². The van der Waals surface area contributed by atoms with Crippen LogP contribution in [-0.2, 0) is 0 Å². The Bertz CT molecular complexity index is 696. The third-order valence-corrected chi connectivity index (χ3v) is 4.42. The maximum absolute atomic E-state index is 6.19. The molecule has 0 spiro atoms. The Morgan fingerprint density at radius 3 is 2.68 bits per heavy atom. The van der Waals surface area contributed by atoms with E-state index in [1.54, 1.807) is 0 Å². The van der Waals surface area contributed by atoms with Crippen LogP contribution in [0.3, 0.4) is 0 Å².